The van der Waals surface area contributed by atoms with E-state index in [1.807, 2.05) is 19.1 Å². The lowest BCUT2D eigenvalue weighted by atomic mass is 10.0. The minimum Gasteiger partial charge on any atom is -0.401 e. The van der Waals surface area contributed by atoms with E-state index in [9.17, 15) is 5.26 Å². The Morgan fingerprint density at radius 2 is 2.10 bits per heavy atom. The Hall–Kier alpha value is -3.22. The molecule has 9 heteroatoms. The van der Waals surface area contributed by atoms with Gasteiger partial charge in [-0.3, -0.25) is 4.98 Å². The summed E-state index contributed by atoms with van der Waals surface area (Å²) in [6.45, 7) is 4.11. The van der Waals surface area contributed by atoms with E-state index in [-0.39, 0.29) is 5.82 Å². The second kappa shape index (κ2) is 7.66. The minimum absolute atomic E-state index is 0.147. The molecular formula is C20H24N8O. The summed E-state index contributed by atoms with van der Waals surface area (Å²) in [4.78, 5) is 13.3. The summed E-state index contributed by atoms with van der Waals surface area (Å²) >= 11 is 0. The number of hydrogen-bond donors (Lipinski definition) is 2. The van der Waals surface area contributed by atoms with Crippen LogP contribution in [0.4, 0.5) is 0 Å². The maximum Gasteiger partial charge on any atom is 0.234 e. The van der Waals surface area contributed by atoms with Crippen molar-refractivity contribution in [3.05, 3.63) is 35.5 Å². The molecule has 29 heavy (non-hydrogen) atoms. The first-order valence-corrected chi connectivity index (χ1v) is 9.57. The number of aromatic nitrogens is 4. The second-order valence-electron chi connectivity index (χ2n) is 7.44. The van der Waals surface area contributed by atoms with Crippen LogP contribution in [0.3, 0.4) is 0 Å². The smallest absolute Gasteiger partial charge is 0.234 e. The highest BCUT2D eigenvalue weighted by Crippen LogP contribution is 2.31. The molecule has 1 aliphatic heterocycles. The summed E-state index contributed by atoms with van der Waals surface area (Å²) in [7, 11) is 1.75. The SMILES string of the molecule is C/C(N)=C(\c1cnc2c3cnc(C#N)nc3n(CC3CCOCC3)c2c1)N(C)N. The lowest BCUT2D eigenvalue weighted by Crippen LogP contribution is -2.26. The molecule has 150 valence electrons. The Labute approximate surface area is 168 Å². The fourth-order valence-electron chi connectivity index (χ4n) is 3.99. The van der Waals surface area contributed by atoms with Gasteiger partial charge in [0.2, 0.25) is 5.82 Å². The molecule has 3 aromatic rings. The Kier molecular flexibility index (Phi) is 5.05. The van der Waals surface area contributed by atoms with Gasteiger partial charge in [0.05, 0.1) is 22.1 Å². The predicted molar refractivity (Wildman–Crippen MR) is 110 cm³/mol. The quantitative estimate of drug-likeness (QED) is 0.507. The van der Waals surface area contributed by atoms with Crippen molar-refractivity contribution in [1.82, 2.24) is 24.5 Å². The maximum atomic E-state index is 9.27. The molecule has 0 amide bonds. The molecule has 0 aliphatic carbocycles. The number of nitrogens with zero attached hydrogens (tertiary/aromatic N) is 6. The van der Waals surface area contributed by atoms with Gasteiger partial charge < -0.3 is 20.0 Å². The van der Waals surface area contributed by atoms with Crippen molar-refractivity contribution >= 4 is 27.8 Å². The van der Waals surface area contributed by atoms with Crippen LogP contribution in [0.1, 0.15) is 31.2 Å². The third-order valence-corrected chi connectivity index (χ3v) is 5.32. The Balaban J connectivity index is 1.94. The van der Waals surface area contributed by atoms with E-state index in [2.05, 4.69) is 19.5 Å². The van der Waals surface area contributed by atoms with Crippen molar-refractivity contribution in [2.45, 2.75) is 26.3 Å². The molecule has 0 bridgehead atoms. The highest BCUT2D eigenvalue weighted by atomic mass is 16.5. The van der Waals surface area contributed by atoms with Crippen LogP contribution >= 0.6 is 0 Å². The summed E-state index contributed by atoms with van der Waals surface area (Å²) < 4.78 is 7.64. The van der Waals surface area contributed by atoms with E-state index >= 15 is 0 Å². The predicted octanol–water partition coefficient (Wildman–Crippen LogP) is 1.73. The molecule has 4 heterocycles. The number of hydrazine groups is 1. The van der Waals surface area contributed by atoms with Crippen LogP contribution in [0.5, 0.6) is 0 Å². The van der Waals surface area contributed by atoms with Gasteiger partial charge in [0.15, 0.2) is 0 Å². The van der Waals surface area contributed by atoms with Gasteiger partial charge in [-0.25, -0.2) is 15.8 Å². The minimum atomic E-state index is 0.147. The van der Waals surface area contributed by atoms with Crippen molar-refractivity contribution in [2.75, 3.05) is 20.3 Å². The van der Waals surface area contributed by atoms with Gasteiger partial charge in [-0.15, -0.1) is 0 Å². The number of hydrogen-bond acceptors (Lipinski definition) is 8. The number of fused-ring (bicyclic) bond motifs is 3. The number of ether oxygens (including phenoxy) is 1. The van der Waals surface area contributed by atoms with Crippen LogP contribution in [0.25, 0.3) is 27.8 Å². The zero-order valence-electron chi connectivity index (χ0n) is 16.6. The summed E-state index contributed by atoms with van der Waals surface area (Å²) in [5.74, 6) is 6.62. The van der Waals surface area contributed by atoms with Crippen molar-refractivity contribution in [1.29, 1.82) is 5.26 Å². The first kappa shape index (κ1) is 19.1. The van der Waals surface area contributed by atoms with Crippen LogP contribution in [0.2, 0.25) is 0 Å². The lowest BCUT2D eigenvalue weighted by molar-refractivity contribution is 0.0619. The summed E-state index contributed by atoms with van der Waals surface area (Å²) in [6, 6.07) is 4.06. The van der Waals surface area contributed by atoms with E-state index < -0.39 is 0 Å². The Morgan fingerprint density at radius 1 is 1.34 bits per heavy atom. The van der Waals surface area contributed by atoms with Crippen molar-refractivity contribution in [3.63, 3.8) is 0 Å². The third kappa shape index (κ3) is 3.48. The zero-order chi connectivity index (χ0) is 20.5. The molecule has 1 aliphatic rings. The van der Waals surface area contributed by atoms with E-state index in [1.54, 1.807) is 19.4 Å². The van der Waals surface area contributed by atoms with E-state index in [0.717, 1.165) is 60.2 Å². The van der Waals surface area contributed by atoms with Crippen LogP contribution < -0.4 is 11.6 Å². The average Bonchev–Trinajstić information content (AvgIpc) is 3.01. The molecule has 1 fully saturated rings. The summed E-state index contributed by atoms with van der Waals surface area (Å²) in [6.07, 6.45) is 5.41. The van der Waals surface area contributed by atoms with Gasteiger partial charge in [0.25, 0.3) is 0 Å². The summed E-state index contributed by atoms with van der Waals surface area (Å²) in [5.41, 5.74) is 10.7. The highest BCUT2D eigenvalue weighted by molar-refractivity contribution is 6.04. The van der Waals surface area contributed by atoms with Crippen LogP contribution in [0.15, 0.2) is 24.2 Å². The number of rotatable bonds is 4. The number of pyridine rings is 1. The van der Waals surface area contributed by atoms with E-state index in [4.69, 9.17) is 16.3 Å². The molecule has 0 spiro atoms. The van der Waals surface area contributed by atoms with Crippen LogP contribution in [-0.4, -0.2) is 44.8 Å². The topological polar surface area (TPSA) is 132 Å². The van der Waals surface area contributed by atoms with Gasteiger partial charge in [0, 0.05) is 50.5 Å². The van der Waals surface area contributed by atoms with Gasteiger partial charge in [0.1, 0.15) is 11.7 Å². The molecule has 0 radical (unpaired) electrons. The van der Waals surface area contributed by atoms with Crippen molar-refractivity contribution in [3.8, 4) is 6.07 Å². The Morgan fingerprint density at radius 3 is 2.76 bits per heavy atom. The van der Waals surface area contributed by atoms with Crippen LogP contribution in [-0.2, 0) is 11.3 Å². The highest BCUT2D eigenvalue weighted by Gasteiger charge is 2.21. The fraction of sp³-hybridized carbons (Fsp3) is 0.400. The average molecular weight is 392 g/mol. The standard InChI is InChI=1S/C20H24N8O/c1-12(22)19(27(2)23)14-7-16-18(25-9-14)15-10-24-17(8-21)26-20(15)28(16)11-13-3-5-29-6-4-13/h7,9-10,13H,3-6,11,22-23H2,1-2H3/b19-12-. The molecule has 0 aromatic carbocycles. The van der Waals surface area contributed by atoms with Gasteiger partial charge >= 0.3 is 0 Å². The first-order valence-electron chi connectivity index (χ1n) is 9.57. The van der Waals surface area contributed by atoms with Crippen LogP contribution in [0, 0.1) is 17.2 Å². The number of nitriles is 1. The normalized spacial score (nSPS) is 16.1. The molecule has 0 saturated carbocycles. The van der Waals surface area contributed by atoms with Gasteiger partial charge in [-0.1, -0.05) is 0 Å². The van der Waals surface area contributed by atoms with Gasteiger partial charge in [-0.2, -0.15) is 5.26 Å². The van der Waals surface area contributed by atoms with Gasteiger partial charge in [-0.05, 0) is 31.7 Å². The van der Waals surface area contributed by atoms with E-state index in [1.165, 1.54) is 5.01 Å². The largest absolute Gasteiger partial charge is 0.401 e. The summed E-state index contributed by atoms with van der Waals surface area (Å²) in [5, 5.41) is 11.6. The number of allylic oxidation sites excluding steroid dienone is 1. The molecule has 3 aromatic heterocycles. The van der Waals surface area contributed by atoms with Crippen molar-refractivity contribution in [2.24, 2.45) is 17.5 Å². The van der Waals surface area contributed by atoms with Crippen molar-refractivity contribution < 1.29 is 4.74 Å². The first-order chi connectivity index (χ1) is 14.0. The molecule has 0 atom stereocenters. The Bertz CT molecular complexity index is 1130. The lowest BCUT2D eigenvalue weighted by Gasteiger charge is -2.23. The maximum absolute atomic E-state index is 9.27. The second-order valence-corrected chi connectivity index (χ2v) is 7.44. The fourth-order valence-corrected chi connectivity index (χ4v) is 3.99. The van der Waals surface area contributed by atoms with E-state index in [0.29, 0.717) is 17.3 Å². The third-order valence-electron chi connectivity index (χ3n) is 5.32. The molecule has 0 unspecified atom stereocenters. The molecule has 9 nitrogen and oxygen atoms in total. The molecule has 1 saturated heterocycles. The number of nitrogens with two attached hydrogens (primary N) is 2. The molecular weight excluding hydrogens is 368 g/mol. The molecule has 4 N–H and O–H groups in total. The zero-order valence-corrected chi connectivity index (χ0v) is 16.6. The monoisotopic (exact) mass is 392 g/mol. The molecule has 4 rings (SSSR count).